The molecule has 0 radical (unpaired) electrons. The first-order valence-corrected chi connectivity index (χ1v) is 8.11. The van der Waals surface area contributed by atoms with Crippen molar-refractivity contribution in [3.63, 3.8) is 0 Å². The first-order valence-electron chi connectivity index (χ1n) is 7.74. The largest absolute Gasteiger partial charge is 0.388 e. The zero-order valence-electron chi connectivity index (χ0n) is 12.6. The third kappa shape index (κ3) is 5.08. The molecule has 3 heteroatoms. The van der Waals surface area contributed by atoms with Crippen molar-refractivity contribution < 1.29 is 5.11 Å². The summed E-state index contributed by atoms with van der Waals surface area (Å²) in [6.45, 7) is 6.67. The summed E-state index contributed by atoms with van der Waals surface area (Å²) in [6, 6.07) is 8.32. The van der Waals surface area contributed by atoms with Crippen molar-refractivity contribution in [3.8, 4) is 0 Å². The van der Waals surface area contributed by atoms with Gasteiger partial charge in [-0.2, -0.15) is 0 Å². The molecule has 2 rings (SSSR count). The molecule has 0 saturated heterocycles. The molecule has 20 heavy (non-hydrogen) atoms. The minimum Gasteiger partial charge on any atom is -0.388 e. The second-order valence-corrected chi connectivity index (χ2v) is 6.75. The zero-order chi connectivity index (χ0) is 14.5. The first kappa shape index (κ1) is 15.8. The van der Waals surface area contributed by atoms with Crippen LogP contribution in [0.25, 0.3) is 0 Å². The Morgan fingerprint density at radius 1 is 1.25 bits per heavy atom. The number of hydrogen-bond acceptors (Lipinski definition) is 2. The van der Waals surface area contributed by atoms with E-state index < -0.39 is 6.10 Å². The smallest absolute Gasteiger partial charge is 0.0802 e. The van der Waals surface area contributed by atoms with Crippen molar-refractivity contribution in [3.05, 3.63) is 34.9 Å². The molecule has 1 aromatic rings. The molecule has 1 unspecified atom stereocenters. The normalized spacial score (nSPS) is 16.9. The molecule has 0 bridgehead atoms. The van der Waals surface area contributed by atoms with Crippen LogP contribution in [0.3, 0.4) is 0 Å². The maximum absolute atomic E-state index is 10.3. The lowest BCUT2D eigenvalue weighted by Crippen LogP contribution is -2.30. The summed E-state index contributed by atoms with van der Waals surface area (Å²) in [5, 5.41) is 11.0. The van der Waals surface area contributed by atoms with Gasteiger partial charge in [0, 0.05) is 17.6 Å². The number of rotatable bonds is 8. The van der Waals surface area contributed by atoms with Crippen LogP contribution >= 0.6 is 11.6 Å². The number of hydrogen-bond donors (Lipinski definition) is 1. The van der Waals surface area contributed by atoms with Crippen LogP contribution in [0.2, 0.25) is 5.02 Å². The molecule has 2 nitrogen and oxygen atoms in total. The molecule has 1 atom stereocenters. The zero-order valence-corrected chi connectivity index (χ0v) is 13.3. The highest BCUT2D eigenvalue weighted by molar-refractivity contribution is 6.30. The van der Waals surface area contributed by atoms with Crippen molar-refractivity contribution in [1.29, 1.82) is 0 Å². The highest BCUT2D eigenvalue weighted by atomic mass is 35.5. The number of halogens is 1. The van der Waals surface area contributed by atoms with E-state index in [-0.39, 0.29) is 0 Å². The molecule has 0 aromatic heterocycles. The fraction of sp³-hybridized carbons (Fsp3) is 0.647. The summed E-state index contributed by atoms with van der Waals surface area (Å²) >= 11 is 5.98. The minimum atomic E-state index is -0.408. The minimum absolute atomic E-state index is 0.408. The van der Waals surface area contributed by atoms with Gasteiger partial charge < -0.3 is 10.0 Å². The molecule has 1 aliphatic carbocycles. The van der Waals surface area contributed by atoms with Gasteiger partial charge in [-0.15, -0.1) is 0 Å². The Morgan fingerprint density at radius 2 is 1.95 bits per heavy atom. The topological polar surface area (TPSA) is 23.5 Å². The van der Waals surface area contributed by atoms with Gasteiger partial charge in [0.25, 0.3) is 0 Å². The molecule has 1 fully saturated rings. The van der Waals surface area contributed by atoms with E-state index in [1.54, 1.807) is 0 Å². The highest BCUT2D eigenvalue weighted by Gasteiger charge is 2.28. The molecule has 1 saturated carbocycles. The molecular weight excluding hydrogens is 270 g/mol. The van der Waals surface area contributed by atoms with Gasteiger partial charge in [0.05, 0.1) is 6.10 Å². The molecule has 1 aromatic carbocycles. The van der Waals surface area contributed by atoms with Gasteiger partial charge in [-0.25, -0.2) is 0 Å². The second kappa shape index (κ2) is 7.44. The van der Waals surface area contributed by atoms with Gasteiger partial charge in [0.2, 0.25) is 0 Å². The second-order valence-electron chi connectivity index (χ2n) is 6.31. The van der Waals surface area contributed by atoms with Gasteiger partial charge in [-0.1, -0.05) is 37.6 Å². The van der Waals surface area contributed by atoms with E-state index in [0.29, 0.717) is 5.02 Å². The van der Waals surface area contributed by atoms with Crippen LogP contribution < -0.4 is 0 Å². The summed E-state index contributed by atoms with van der Waals surface area (Å²) in [7, 11) is 0. The first-order chi connectivity index (χ1) is 9.56. The molecule has 1 N–H and O–H groups in total. The third-order valence-electron chi connectivity index (χ3n) is 3.98. The number of aliphatic hydroxyl groups is 1. The van der Waals surface area contributed by atoms with E-state index >= 15 is 0 Å². The van der Waals surface area contributed by atoms with E-state index in [4.69, 9.17) is 11.6 Å². The van der Waals surface area contributed by atoms with Gasteiger partial charge in [-0.05, 0) is 55.8 Å². The van der Waals surface area contributed by atoms with Crippen molar-refractivity contribution in [2.24, 2.45) is 5.92 Å². The SMILES string of the molecule is CC(C)CCN(CCC(O)c1cccc(Cl)c1)C1CC1. The molecule has 0 aliphatic heterocycles. The molecule has 0 heterocycles. The number of aliphatic hydroxyl groups excluding tert-OH is 1. The Hall–Kier alpha value is -0.570. The highest BCUT2D eigenvalue weighted by Crippen LogP contribution is 2.29. The Balaban J connectivity index is 1.82. The van der Waals surface area contributed by atoms with Crippen LogP contribution in [-0.2, 0) is 0 Å². The standard InChI is InChI=1S/C17H26ClNO/c1-13(2)8-10-19(16-6-7-16)11-9-17(20)14-4-3-5-15(18)12-14/h3-5,12-13,16-17,20H,6-11H2,1-2H3. The van der Waals surface area contributed by atoms with E-state index in [0.717, 1.165) is 37.0 Å². The predicted octanol–water partition coefficient (Wildman–Crippen LogP) is 4.27. The Morgan fingerprint density at radius 3 is 2.55 bits per heavy atom. The average molecular weight is 296 g/mol. The Kier molecular flexibility index (Phi) is 5.88. The summed E-state index contributed by atoms with van der Waals surface area (Å²) in [6.07, 6.45) is 4.27. The number of benzene rings is 1. The van der Waals surface area contributed by atoms with E-state index in [1.165, 1.54) is 19.3 Å². The van der Waals surface area contributed by atoms with E-state index in [1.807, 2.05) is 24.3 Å². The summed E-state index contributed by atoms with van der Waals surface area (Å²) in [5.74, 6) is 0.745. The quantitative estimate of drug-likeness (QED) is 0.774. The number of nitrogens with zero attached hydrogens (tertiary/aromatic N) is 1. The van der Waals surface area contributed by atoms with Crippen LogP contribution in [0.4, 0.5) is 0 Å². The predicted molar refractivity (Wildman–Crippen MR) is 85.1 cm³/mol. The average Bonchev–Trinajstić information content (AvgIpc) is 3.22. The van der Waals surface area contributed by atoms with Gasteiger partial charge >= 0.3 is 0 Å². The van der Waals surface area contributed by atoms with Crippen LogP contribution in [0, 0.1) is 5.92 Å². The van der Waals surface area contributed by atoms with Gasteiger partial charge in [0.15, 0.2) is 0 Å². The third-order valence-corrected chi connectivity index (χ3v) is 4.22. The molecule has 0 spiro atoms. The lowest BCUT2D eigenvalue weighted by molar-refractivity contribution is 0.137. The van der Waals surface area contributed by atoms with E-state index in [2.05, 4.69) is 18.7 Å². The molecule has 1 aliphatic rings. The monoisotopic (exact) mass is 295 g/mol. The molecule has 112 valence electrons. The Labute approximate surface area is 127 Å². The fourth-order valence-electron chi connectivity index (χ4n) is 2.51. The van der Waals surface area contributed by atoms with Gasteiger partial charge in [-0.3, -0.25) is 0 Å². The molecular formula is C17H26ClNO. The van der Waals surface area contributed by atoms with Crippen molar-refractivity contribution in [2.75, 3.05) is 13.1 Å². The van der Waals surface area contributed by atoms with Crippen molar-refractivity contribution in [2.45, 2.75) is 51.7 Å². The van der Waals surface area contributed by atoms with Crippen molar-refractivity contribution in [1.82, 2.24) is 4.90 Å². The van der Waals surface area contributed by atoms with Gasteiger partial charge in [0.1, 0.15) is 0 Å². The maximum Gasteiger partial charge on any atom is 0.0802 e. The maximum atomic E-state index is 10.3. The van der Waals surface area contributed by atoms with Crippen LogP contribution in [-0.4, -0.2) is 29.1 Å². The summed E-state index contributed by atoms with van der Waals surface area (Å²) in [4.78, 5) is 2.55. The van der Waals surface area contributed by atoms with Crippen LogP contribution in [0.5, 0.6) is 0 Å². The van der Waals surface area contributed by atoms with Crippen LogP contribution in [0.1, 0.15) is 51.2 Å². The van der Waals surface area contributed by atoms with E-state index in [9.17, 15) is 5.11 Å². The summed E-state index contributed by atoms with van der Waals surface area (Å²) in [5.41, 5.74) is 0.928. The lowest BCUT2D eigenvalue weighted by atomic mass is 10.1. The van der Waals surface area contributed by atoms with Crippen LogP contribution in [0.15, 0.2) is 24.3 Å². The summed E-state index contributed by atoms with van der Waals surface area (Å²) < 4.78 is 0. The lowest BCUT2D eigenvalue weighted by Gasteiger charge is -2.24. The van der Waals surface area contributed by atoms with Crippen molar-refractivity contribution >= 4 is 11.6 Å². The fourth-order valence-corrected chi connectivity index (χ4v) is 2.71. The Bertz CT molecular complexity index is 417. The molecule has 0 amide bonds.